The molecule has 7 nitrogen and oxygen atoms in total. The van der Waals surface area contributed by atoms with Crippen molar-refractivity contribution in [2.75, 3.05) is 13.7 Å². The van der Waals surface area contributed by atoms with Crippen LogP contribution >= 0.6 is 8.25 Å². The number of benzene rings is 2. The Bertz CT molecular complexity index is 1310. The Labute approximate surface area is 237 Å². The molecule has 1 aromatic heterocycles. The Kier molecular flexibility index (Phi) is 10.4. The molecule has 0 saturated heterocycles. The van der Waals surface area contributed by atoms with E-state index in [1.165, 1.54) is 13.3 Å². The van der Waals surface area contributed by atoms with E-state index < -0.39 is 14.1 Å². The van der Waals surface area contributed by atoms with E-state index in [0.717, 1.165) is 40.8 Å². The van der Waals surface area contributed by atoms with Gasteiger partial charge in [-0.15, -0.1) is 0 Å². The molecule has 9 heteroatoms. The first-order valence-electron chi connectivity index (χ1n) is 13.8. The summed E-state index contributed by atoms with van der Waals surface area (Å²) in [4.78, 5) is 15.5. The molecule has 216 valence electrons. The summed E-state index contributed by atoms with van der Waals surface area (Å²) in [5, 5.41) is 0. The quantitative estimate of drug-likeness (QED) is 0.209. The van der Waals surface area contributed by atoms with Gasteiger partial charge in [-0.25, -0.2) is 9.37 Å². The highest BCUT2D eigenvalue weighted by molar-refractivity contribution is 7.32. The van der Waals surface area contributed by atoms with Crippen LogP contribution in [-0.2, 0) is 22.2 Å². The maximum atomic E-state index is 15.0. The van der Waals surface area contributed by atoms with Crippen LogP contribution in [0.1, 0.15) is 63.1 Å². The molecule has 1 aliphatic carbocycles. The van der Waals surface area contributed by atoms with Crippen LogP contribution in [0.25, 0.3) is 11.1 Å². The predicted octanol–water partition coefficient (Wildman–Crippen LogP) is 6.99. The highest BCUT2D eigenvalue weighted by Gasteiger charge is 2.33. The molecule has 1 N–H and O–H groups in total. The first kappa shape index (κ1) is 30.2. The summed E-state index contributed by atoms with van der Waals surface area (Å²) in [6.45, 7) is 9.87. The zero-order valence-corrected chi connectivity index (χ0v) is 24.9. The molecule has 0 radical (unpaired) electrons. The number of methoxy groups -OCH3 is 1. The summed E-state index contributed by atoms with van der Waals surface area (Å²) in [7, 11) is -1.45. The molecule has 40 heavy (non-hydrogen) atoms. The lowest BCUT2D eigenvalue weighted by atomic mass is 9.95. The molecule has 0 bridgehead atoms. The van der Waals surface area contributed by atoms with Gasteiger partial charge in [0.15, 0.2) is 0 Å². The predicted molar refractivity (Wildman–Crippen MR) is 155 cm³/mol. The lowest BCUT2D eigenvalue weighted by Gasteiger charge is -2.31. The van der Waals surface area contributed by atoms with Crippen molar-refractivity contribution < 1.29 is 27.8 Å². The van der Waals surface area contributed by atoms with Crippen LogP contribution in [-0.4, -0.2) is 40.6 Å². The highest BCUT2D eigenvalue weighted by atomic mass is 31.1. The molecular weight excluding hydrogens is 530 g/mol. The van der Waals surface area contributed by atoms with E-state index in [4.69, 9.17) is 18.9 Å². The van der Waals surface area contributed by atoms with Gasteiger partial charge in [-0.1, -0.05) is 30.3 Å². The van der Waals surface area contributed by atoms with Crippen molar-refractivity contribution in [3.8, 4) is 22.8 Å². The van der Waals surface area contributed by atoms with E-state index >= 15 is 0 Å². The summed E-state index contributed by atoms with van der Waals surface area (Å²) >= 11 is 0. The first-order chi connectivity index (χ1) is 19.2. The fraction of sp³-hybridized carbons (Fsp3) is 0.452. The van der Waals surface area contributed by atoms with Gasteiger partial charge in [0, 0.05) is 36.2 Å². The molecule has 1 saturated carbocycles. The zero-order valence-electron chi connectivity index (χ0n) is 23.9. The standard InChI is InChI=1S/C31H40FN2O5P/c1-20(2)34(21(3)4)17-25-13-22(9-12-27(25)28-15-31(37-5)33-16-30(28)32)18-38-26-8-6-7-24(14-26)29(23-10-11-23)19-39-40(35)36/h6-9,12-16,20-21,23,29,40H,10-11,17-19H2,1-5H3,(H,35,36). The second-order valence-corrected chi connectivity index (χ2v) is 11.8. The average molecular weight is 571 g/mol. The number of hydrogen-bond donors (Lipinski definition) is 1. The number of rotatable bonds is 14. The normalized spacial score (nSPS) is 15.1. The summed E-state index contributed by atoms with van der Waals surface area (Å²) in [6, 6.07) is 16.1. The third-order valence-corrected chi connectivity index (χ3v) is 7.86. The van der Waals surface area contributed by atoms with Crippen LogP contribution < -0.4 is 9.47 Å². The maximum absolute atomic E-state index is 15.0. The molecule has 0 spiro atoms. The lowest BCUT2D eigenvalue weighted by molar-refractivity contribution is 0.166. The van der Waals surface area contributed by atoms with Gasteiger partial charge in [-0.3, -0.25) is 9.46 Å². The van der Waals surface area contributed by atoms with Crippen LogP contribution in [0.2, 0.25) is 0 Å². The van der Waals surface area contributed by atoms with Gasteiger partial charge in [-0.05, 0) is 80.8 Å². The minimum atomic E-state index is -2.97. The van der Waals surface area contributed by atoms with Crippen LogP contribution in [0.4, 0.5) is 4.39 Å². The molecule has 0 aliphatic heterocycles. The Morgan fingerprint density at radius 3 is 2.48 bits per heavy atom. The second-order valence-electron chi connectivity index (χ2n) is 10.9. The van der Waals surface area contributed by atoms with Gasteiger partial charge >= 0.3 is 8.25 Å². The molecule has 3 aromatic rings. The summed E-state index contributed by atoms with van der Waals surface area (Å²) < 4.78 is 42.7. The van der Waals surface area contributed by atoms with Crippen molar-refractivity contribution in [3.63, 3.8) is 0 Å². The second kappa shape index (κ2) is 13.7. The van der Waals surface area contributed by atoms with Crippen LogP contribution in [0, 0.1) is 11.7 Å². The lowest BCUT2D eigenvalue weighted by Crippen LogP contribution is -2.36. The minimum Gasteiger partial charge on any atom is -0.489 e. The molecular formula is C31H40FN2O5P. The molecule has 4 rings (SSSR count). The number of hydrogen-bond acceptors (Lipinski definition) is 6. The molecule has 1 heterocycles. The molecule has 1 aliphatic rings. The molecule has 1 fully saturated rings. The van der Waals surface area contributed by atoms with E-state index in [1.54, 1.807) is 6.07 Å². The van der Waals surface area contributed by atoms with Gasteiger partial charge in [0.25, 0.3) is 0 Å². The van der Waals surface area contributed by atoms with E-state index in [-0.39, 0.29) is 12.5 Å². The third-order valence-electron chi connectivity index (χ3n) is 7.45. The van der Waals surface area contributed by atoms with E-state index in [2.05, 4.69) is 43.6 Å². The number of ether oxygens (including phenoxy) is 2. The molecule has 2 atom stereocenters. The van der Waals surface area contributed by atoms with E-state index in [0.29, 0.717) is 42.6 Å². The van der Waals surface area contributed by atoms with E-state index in [9.17, 15) is 8.96 Å². The minimum absolute atomic E-state index is 0.0702. The van der Waals surface area contributed by atoms with Crippen molar-refractivity contribution in [2.24, 2.45) is 5.92 Å². The number of halogens is 1. The molecule has 2 unspecified atom stereocenters. The summed E-state index contributed by atoms with van der Waals surface area (Å²) in [5.74, 6) is 1.22. The van der Waals surface area contributed by atoms with Gasteiger partial charge in [0.2, 0.25) is 5.88 Å². The first-order valence-corrected chi connectivity index (χ1v) is 15.1. The maximum Gasteiger partial charge on any atom is 0.316 e. The fourth-order valence-electron chi connectivity index (χ4n) is 5.19. The van der Waals surface area contributed by atoms with Gasteiger partial charge in [-0.2, -0.15) is 0 Å². The third kappa shape index (κ3) is 7.91. The van der Waals surface area contributed by atoms with Crippen molar-refractivity contribution in [3.05, 3.63) is 77.2 Å². The van der Waals surface area contributed by atoms with E-state index in [1.807, 2.05) is 36.4 Å². The van der Waals surface area contributed by atoms with Crippen molar-refractivity contribution in [1.29, 1.82) is 0 Å². The number of nitrogens with zero attached hydrogens (tertiary/aromatic N) is 2. The van der Waals surface area contributed by atoms with Crippen LogP contribution in [0.3, 0.4) is 0 Å². The average Bonchev–Trinajstić information content (AvgIpc) is 3.76. The summed E-state index contributed by atoms with van der Waals surface area (Å²) in [6.07, 6.45) is 3.38. The van der Waals surface area contributed by atoms with Gasteiger partial charge in [0.1, 0.15) is 18.2 Å². The van der Waals surface area contributed by atoms with Crippen molar-refractivity contribution in [2.45, 2.75) is 71.7 Å². The Morgan fingerprint density at radius 1 is 1.07 bits per heavy atom. The SMILES string of the molecule is COc1cc(-c2ccc(COc3cccc(C(CO[PH](=O)O)C4CC4)c3)cc2CN(C(C)C)C(C)C)c(F)cn1. The van der Waals surface area contributed by atoms with Gasteiger partial charge < -0.3 is 18.9 Å². The number of pyridine rings is 1. The highest BCUT2D eigenvalue weighted by Crippen LogP contribution is 2.44. The smallest absolute Gasteiger partial charge is 0.316 e. The van der Waals surface area contributed by atoms with Crippen molar-refractivity contribution >= 4 is 8.25 Å². The van der Waals surface area contributed by atoms with Crippen molar-refractivity contribution in [1.82, 2.24) is 9.88 Å². The Balaban J connectivity index is 1.59. The van der Waals surface area contributed by atoms with Crippen LogP contribution in [0.5, 0.6) is 11.6 Å². The zero-order chi connectivity index (χ0) is 28.8. The number of aromatic nitrogens is 1. The van der Waals surface area contributed by atoms with Crippen LogP contribution in [0.15, 0.2) is 54.7 Å². The topological polar surface area (TPSA) is 81.1 Å². The molecule has 0 amide bonds. The Morgan fingerprint density at radius 2 is 1.82 bits per heavy atom. The molecule has 2 aromatic carbocycles. The summed E-state index contributed by atoms with van der Waals surface area (Å²) in [5.41, 5.74) is 4.26. The monoisotopic (exact) mass is 570 g/mol. The largest absolute Gasteiger partial charge is 0.489 e. The fourth-order valence-corrected chi connectivity index (χ4v) is 5.51. The Hall–Kier alpha value is -2.77. The van der Waals surface area contributed by atoms with Gasteiger partial charge in [0.05, 0.1) is 19.9 Å².